The molecule has 6 heteroatoms. The predicted octanol–water partition coefficient (Wildman–Crippen LogP) is 3.81. The maximum atomic E-state index is 12.4. The molecule has 2 N–H and O–H groups in total. The molecular weight excluding hydrogens is 255 g/mol. The molecule has 17 heavy (non-hydrogen) atoms. The number of aromatic hydroxyl groups is 1. The average molecular weight is 270 g/mol. The molecule has 0 radical (unpaired) electrons. The highest BCUT2D eigenvalue weighted by atomic mass is 35.5. The van der Waals surface area contributed by atoms with Crippen LogP contribution in [0.2, 0.25) is 5.02 Å². The van der Waals surface area contributed by atoms with Gasteiger partial charge in [0.15, 0.2) is 0 Å². The Morgan fingerprint density at radius 1 is 1.29 bits per heavy atom. The van der Waals surface area contributed by atoms with E-state index in [0.29, 0.717) is 6.07 Å². The standard InChI is InChI=1S/C9H9ClF3NO.C2H6/c1-14-4-5-2-6(9(11,12)13)3-7(10)8(5)15;1-2/h2-3,14-15H,4H2,1H3;1-2H3. The van der Waals surface area contributed by atoms with Crippen molar-refractivity contribution < 1.29 is 18.3 Å². The van der Waals surface area contributed by atoms with Gasteiger partial charge in [-0.15, -0.1) is 0 Å². The van der Waals surface area contributed by atoms with Gasteiger partial charge in [-0.05, 0) is 19.2 Å². The first-order valence-corrected chi connectivity index (χ1v) is 5.47. The van der Waals surface area contributed by atoms with E-state index >= 15 is 0 Å². The summed E-state index contributed by atoms with van der Waals surface area (Å²) in [4.78, 5) is 0. The van der Waals surface area contributed by atoms with E-state index < -0.39 is 11.7 Å². The van der Waals surface area contributed by atoms with Crippen molar-refractivity contribution in [2.75, 3.05) is 7.05 Å². The zero-order valence-corrected chi connectivity index (χ0v) is 10.6. The number of benzene rings is 1. The summed E-state index contributed by atoms with van der Waals surface area (Å²) in [7, 11) is 1.56. The van der Waals surface area contributed by atoms with Crippen LogP contribution in [0.1, 0.15) is 25.0 Å². The van der Waals surface area contributed by atoms with E-state index in [9.17, 15) is 18.3 Å². The van der Waals surface area contributed by atoms with Gasteiger partial charge in [-0.1, -0.05) is 25.4 Å². The van der Waals surface area contributed by atoms with Crippen LogP contribution in [0.25, 0.3) is 0 Å². The zero-order valence-electron chi connectivity index (χ0n) is 9.82. The van der Waals surface area contributed by atoms with Gasteiger partial charge in [0.25, 0.3) is 0 Å². The Morgan fingerprint density at radius 3 is 2.24 bits per heavy atom. The average Bonchev–Trinajstić information content (AvgIpc) is 2.26. The summed E-state index contributed by atoms with van der Waals surface area (Å²) in [6.07, 6.45) is -4.46. The van der Waals surface area contributed by atoms with Gasteiger partial charge in [0, 0.05) is 12.1 Å². The molecule has 0 aliphatic heterocycles. The molecule has 1 rings (SSSR count). The molecule has 0 bridgehead atoms. The third-order valence-corrected chi connectivity index (χ3v) is 2.13. The summed E-state index contributed by atoms with van der Waals surface area (Å²) in [5.41, 5.74) is -0.743. The SMILES string of the molecule is CC.CNCc1cc(C(F)(F)F)cc(Cl)c1O. The van der Waals surface area contributed by atoms with Crippen LogP contribution in [-0.2, 0) is 12.7 Å². The van der Waals surface area contributed by atoms with Crippen LogP contribution in [0.15, 0.2) is 12.1 Å². The maximum Gasteiger partial charge on any atom is 0.416 e. The first-order valence-electron chi connectivity index (χ1n) is 5.09. The minimum atomic E-state index is -4.46. The van der Waals surface area contributed by atoms with E-state index in [1.54, 1.807) is 7.05 Å². The van der Waals surface area contributed by atoms with Crippen LogP contribution in [0.3, 0.4) is 0 Å². The van der Waals surface area contributed by atoms with Crippen molar-refractivity contribution in [1.82, 2.24) is 5.32 Å². The van der Waals surface area contributed by atoms with Crippen LogP contribution < -0.4 is 5.32 Å². The number of phenolic OH excluding ortho intramolecular Hbond substituents is 1. The Balaban J connectivity index is 0.00000121. The van der Waals surface area contributed by atoms with Crippen LogP contribution in [0, 0.1) is 0 Å². The number of phenols is 1. The van der Waals surface area contributed by atoms with Crippen molar-refractivity contribution in [2.45, 2.75) is 26.6 Å². The first-order chi connectivity index (χ1) is 7.86. The lowest BCUT2D eigenvalue weighted by Crippen LogP contribution is -2.09. The normalized spacial score (nSPS) is 10.8. The highest BCUT2D eigenvalue weighted by Gasteiger charge is 2.31. The summed E-state index contributed by atoms with van der Waals surface area (Å²) in [5.74, 6) is -0.320. The van der Waals surface area contributed by atoms with E-state index in [2.05, 4.69) is 5.32 Å². The van der Waals surface area contributed by atoms with Crippen molar-refractivity contribution in [3.8, 4) is 5.75 Å². The molecule has 0 atom stereocenters. The van der Waals surface area contributed by atoms with Gasteiger partial charge >= 0.3 is 6.18 Å². The predicted molar refractivity (Wildman–Crippen MR) is 62.2 cm³/mol. The van der Waals surface area contributed by atoms with E-state index in [-0.39, 0.29) is 22.9 Å². The lowest BCUT2D eigenvalue weighted by molar-refractivity contribution is -0.137. The van der Waals surface area contributed by atoms with E-state index in [0.717, 1.165) is 6.07 Å². The number of halogens is 4. The van der Waals surface area contributed by atoms with Crippen molar-refractivity contribution >= 4 is 11.6 Å². The number of nitrogens with one attached hydrogen (secondary N) is 1. The summed E-state index contributed by atoms with van der Waals surface area (Å²) in [6, 6.07) is 1.58. The number of hydrogen-bond donors (Lipinski definition) is 2. The van der Waals surface area contributed by atoms with Crippen molar-refractivity contribution in [1.29, 1.82) is 0 Å². The largest absolute Gasteiger partial charge is 0.506 e. The molecule has 0 saturated carbocycles. The summed E-state index contributed by atoms with van der Waals surface area (Å²) < 4.78 is 37.1. The Hall–Kier alpha value is -0.940. The summed E-state index contributed by atoms with van der Waals surface area (Å²) in [5, 5.41) is 11.7. The molecule has 1 aromatic rings. The van der Waals surface area contributed by atoms with Crippen LogP contribution in [0.5, 0.6) is 5.75 Å². The molecule has 0 fully saturated rings. The number of hydrogen-bond acceptors (Lipinski definition) is 2. The molecule has 0 aromatic heterocycles. The monoisotopic (exact) mass is 269 g/mol. The highest BCUT2D eigenvalue weighted by Crippen LogP contribution is 2.36. The van der Waals surface area contributed by atoms with Gasteiger partial charge in [0.1, 0.15) is 5.75 Å². The Labute approximate surface area is 103 Å². The van der Waals surface area contributed by atoms with Crippen LogP contribution in [-0.4, -0.2) is 12.2 Å². The molecule has 1 aromatic carbocycles. The van der Waals surface area contributed by atoms with Gasteiger partial charge in [0.2, 0.25) is 0 Å². The third-order valence-electron chi connectivity index (χ3n) is 1.84. The molecule has 0 heterocycles. The number of rotatable bonds is 2. The second-order valence-corrected chi connectivity index (χ2v) is 3.40. The van der Waals surface area contributed by atoms with Crippen molar-refractivity contribution in [3.63, 3.8) is 0 Å². The molecule has 0 aliphatic rings. The van der Waals surface area contributed by atoms with Gasteiger partial charge in [0.05, 0.1) is 10.6 Å². The van der Waals surface area contributed by atoms with Gasteiger partial charge < -0.3 is 10.4 Å². The third kappa shape index (κ3) is 4.44. The Morgan fingerprint density at radius 2 is 1.82 bits per heavy atom. The smallest absolute Gasteiger partial charge is 0.416 e. The lowest BCUT2D eigenvalue weighted by Gasteiger charge is -2.11. The van der Waals surface area contributed by atoms with E-state index in [1.165, 1.54) is 0 Å². The Kier molecular flexibility index (Phi) is 6.34. The van der Waals surface area contributed by atoms with E-state index in [1.807, 2.05) is 13.8 Å². The fourth-order valence-corrected chi connectivity index (χ4v) is 1.38. The fraction of sp³-hybridized carbons (Fsp3) is 0.455. The zero-order chi connectivity index (χ0) is 13.6. The molecule has 0 spiro atoms. The molecule has 0 unspecified atom stereocenters. The van der Waals surface area contributed by atoms with Gasteiger partial charge in [-0.3, -0.25) is 0 Å². The lowest BCUT2D eigenvalue weighted by atomic mass is 10.1. The summed E-state index contributed by atoms with van der Waals surface area (Å²) in [6.45, 7) is 4.12. The van der Waals surface area contributed by atoms with Crippen LogP contribution in [0.4, 0.5) is 13.2 Å². The first kappa shape index (κ1) is 16.1. The summed E-state index contributed by atoms with van der Waals surface area (Å²) >= 11 is 5.48. The molecular formula is C11H15ClF3NO. The highest BCUT2D eigenvalue weighted by molar-refractivity contribution is 6.32. The van der Waals surface area contributed by atoms with Gasteiger partial charge in [-0.2, -0.15) is 13.2 Å². The quantitative estimate of drug-likeness (QED) is 0.856. The second-order valence-electron chi connectivity index (χ2n) is 2.99. The molecule has 0 aliphatic carbocycles. The minimum absolute atomic E-state index is 0.121. The van der Waals surface area contributed by atoms with Crippen molar-refractivity contribution in [3.05, 3.63) is 28.3 Å². The fourth-order valence-electron chi connectivity index (χ4n) is 1.14. The maximum absolute atomic E-state index is 12.4. The molecule has 98 valence electrons. The second kappa shape index (κ2) is 6.71. The van der Waals surface area contributed by atoms with E-state index in [4.69, 9.17) is 11.6 Å². The molecule has 2 nitrogen and oxygen atoms in total. The molecule has 0 amide bonds. The minimum Gasteiger partial charge on any atom is -0.506 e. The topological polar surface area (TPSA) is 32.3 Å². The van der Waals surface area contributed by atoms with Gasteiger partial charge in [-0.25, -0.2) is 0 Å². The number of alkyl halides is 3. The van der Waals surface area contributed by atoms with Crippen LogP contribution >= 0.6 is 11.6 Å². The van der Waals surface area contributed by atoms with Crippen molar-refractivity contribution in [2.24, 2.45) is 0 Å². The molecule has 0 saturated heterocycles. The Bertz CT molecular complexity index is 366.